The number of benzene rings is 4. The van der Waals surface area contributed by atoms with E-state index in [2.05, 4.69) is 26.3 Å². The molecule has 5 rings (SSSR count). The van der Waals surface area contributed by atoms with Gasteiger partial charge in [-0.3, -0.25) is 19.7 Å². The molecule has 4 aromatic carbocycles. The van der Waals surface area contributed by atoms with Crippen molar-refractivity contribution in [1.82, 2.24) is 9.66 Å². The topological polar surface area (TPSA) is 138 Å². The summed E-state index contributed by atoms with van der Waals surface area (Å²) in [7, 11) is 1.59. The van der Waals surface area contributed by atoms with E-state index in [9.17, 15) is 24.1 Å². The Balaban J connectivity index is 1.62. The quantitative estimate of drug-likeness (QED) is 0.0922. The predicted molar refractivity (Wildman–Crippen MR) is 181 cm³/mol. The molecule has 0 spiro atoms. The number of hydrogen-bond donors (Lipinski definition) is 1. The zero-order valence-corrected chi connectivity index (χ0v) is 27.4. The molecule has 11 nitrogen and oxygen atoms in total. The van der Waals surface area contributed by atoms with E-state index in [1.807, 2.05) is 32.9 Å². The Hall–Kier alpha value is -5.43. The third kappa shape index (κ3) is 7.20. The average Bonchev–Trinajstić information content (AvgIpc) is 3.03. The summed E-state index contributed by atoms with van der Waals surface area (Å²) < 4.78 is 26.3. The Labute approximate surface area is 277 Å². The first-order valence-electron chi connectivity index (χ1n) is 14.4. The van der Waals surface area contributed by atoms with Gasteiger partial charge < -0.3 is 14.8 Å². The number of carbonyl (C=O) groups excluding carboxylic acids is 1. The number of hydrogen-bond acceptors (Lipinski definition) is 8. The zero-order valence-electron chi connectivity index (χ0n) is 25.8. The lowest BCUT2D eigenvalue weighted by Crippen LogP contribution is -2.22. The van der Waals surface area contributed by atoms with Gasteiger partial charge in [-0.2, -0.15) is 9.78 Å². The van der Waals surface area contributed by atoms with Crippen LogP contribution in [0.1, 0.15) is 36.5 Å². The average molecular weight is 703 g/mol. The van der Waals surface area contributed by atoms with Crippen LogP contribution in [-0.4, -0.2) is 40.4 Å². The van der Waals surface area contributed by atoms with Crippen LogP contribution in [-0.2, 0) is 4.79 Å². The van der Waals surface area contributed by atoms with E-state index in [1.54, 1.807) is 31.4 Å². The second-order valence-electron chi connectivity index (χ2n) is 10.8. The van der Waals surface area contributed by atoms with Gasteiger partial charge in [-0.1, -0.05) is 48.0 Å². The lowest BCUT2D eigenvalue weighted by atomic mass is 9.96. The number of aromatic nitrogens is 2. The van der Waals surface area contributed by atoms with Crippen LogP contribution in [0.3, 0.4) is 0 Å². The summed E-state index contributed by atoms with van der Waals surface area (Å²) in [5, 5.41) is 19.3. The highest BCUT2D eigenvalue weighted by atomic mass is 79.9. The van der Waals surface area contributed by atoms with E-state index in [0.717, 1.165) is 21.9 Å². The number of nitrogens with zero attached hydrogens (tertiary/aromatic N) is 4. The summed E-state index contributed by atoms with van der Waals surface area (Å²) in [6, 6.07) is 18.6. The highest BCUT2D eigenvalue weighted by molar-refractivity contribution is 9.10. The molecule has 0 aliphatic heterocycles. The minimum absolute atomic E-state index is 0.0912. The maximum absolute atomic E-state index is 13.9. The van der Waals surface area contributed by atoms with Gasteiger partial charge in [0.1, 0.15) is 11.6 Å². The molecule has 47 heavy (non-hydrogen) atoms. The first kappa shape index (κ1) is 32.9. The van der Waals surface area contributed by atoms with Gasteiger partial charge in [0.2, 0.25) is 5.75 Å². The Morgan fingerprint density at radius 2 is 1.91 bits per heavy atom. The maximum Gasteiger partial charge on any atom is 0.312 e. The molecule has 1 aromatic heterocycles. The SMILES string of the molecule is COc1cc(C)c(-c2nc3ccccc3c(=O)n2N=Cc2cc(Br)cc([N+](=O)[O-])c2OCC(=O)Nc2cccc(F)c2)cc1C(C)C. The lowest BCUT2D eigenvalue weighted by Gasteiger charge is -2.17. The van der Waals surface area contributed by atoms with E-state index in [1.165, 1.54) is 36.5 Å². The largest absolute Gasteiger partial charge is 0.496 e. The van der Waals surface area contributed by atoms with Crippen molar-refractivity contribution < 1.29 is 23.6 Å². The Morgan fingerprint density at radius 3 is 2.62 bits per heavy atom. The molecule has 5 aromatic rings. The number of aryl methyl sites for hydroxylation is 1. The minimum Gasteiger partial charge on any atom is -0.496 e. The number of amides is 1. The van der Waals surface area contributed by atoms with Gasteiger partial charge in [0.25, 0.3) is 11.5 Å². The van der Waals surface area contributed by atoms with E-state index in [-0.39, 0.29) is 28.7 Å². The predicted octanol–water partition coefficient (Wildman–Crippen LogP) is 7.21. The monoisotopic (exact) mass is 701 g/mol. The molecule has 0 aliphatic carbocycles. The molecule has 0 radical (unpaired) electrons. The van der Waals surface area contributed by atoms with Gasteiger partial charge in [-0.15, -0.1) is 0 Å². The van der Waals surface area contributed by atoms with Gasteiger partial charge in [0.05, 0.1) is 29.2 Å². The number of rotatable bonds is 10. The van der Waals surface area contributed by atoms with Gasteiger partial charge in [-0.05, 0) is 72.5 Å². The van der Waals surface area contributed by atoms with Crippen LogP contribution < -0.4 is 20.3 Å². The number of ether oxygens (including phenoxy) is 2. The molecule has 0 bridgehead atoms. The molecule has 1 heterocycles. The second kappa shape index (κ2) is 13.9. The fourth-order valence-electron chi connectivity index (χ4n) is 4.98. The highest BCUT2D eigenvalue weighted by Crippen LogP contribution is 2.36. The number of methoxy groups -OCH3 is 1. The highest BCUT2D eigenvalue weighted by Gasteiger charge is 2.23. The second-order valence-corrected chi connectivity index (χ2v) is 11.7. The van der Waals surface area contributed by atoms with Crippen molar-refractivity contribution >= 4 is 50.3 Å². The molecule has 0 aliphatic rings. The number of fused-ring (bicyclic) bond motifs is 1. The van der Waals surface area contributed by atoms with E-state index in [4.69, 9.17) is 14.5 Å². The number of carbonyl (C=O) groups is 1. The molecule has 0 saturated heterocycles. The van der Waals surface area contributed by atoms with Crippen LogP contribution in [0.25, 0.3) is 22.3 Å². The molecule has 0 fully saturated rings. The van der Waals surface area contributed by atoms with Crippen LogP contribution in [0.2, 0.25) is 0 Å². The fraction of sp³-hybridized carbons (Fsp3) is 0.176. The first-order chi connectivity index (χ1) is 22.5. The van der Waals surface area contributed by atoms with Crippen LogP contribution in [0.5, 0.6) is 11.5 Å². The smallest absolute Gasteiger partial charge is 0.312 e. The number of para-hydroxylation sites is 1. The summed E-state index contributed by atoms with van der Waals surface area (Å²) in [6.45, 7) is 5.29. The van der Waals surface area contributed by atoms with E-state index < -0.39 is 34.5 Å². The summed E-state index contributed by atoms with van der Waals surface area (Å²) in [6.07, 6.45) is 1.24. The van der Waals surface area contributed by atoms with Crippen molar-refractivity contribution in [3.8, 4) is 22.9 Å². The van der Waals surface area contributed by atoms with E-state index in [0.29, 0.717) is 26.7 Å². The number of nitro groups is 1. The Bertz CT molecular complexity index is 2110. The molecule has 240 valence electrons. The van der Waals surface area contributed by atoms with Gasteiger partial charge in [0, 0.05) is 27.4 Å². The lowest BCUT2D eigenvalue weighted by molar-refractivity contribution is -0.385. The number of nitro benzene ring substituents is 1. The van der Waals surface area contributed by atoms with Crippen molar-refractivity contribution in [2.75, 3.05) is 19.0 Å². The van der Waals surface area contributed by atoms with Gasteiger partial charge >= 0.3 is 5.69 Å². The van der Waals surface area contributed by atoms with Crippen molar-refractivity contribution in [2.45, 2.75) is 26.7 Å². The normalized spacial score (nSPS) is 11.3. The molecule has 1 amide bonds. The van der Waals surface area contributed by atoms with Crippen molar-refractivity contribution in [3.63, 3.8) is 0 Å². The molecule has 13 heteroatoms. The molecular formula is C34H29BrFN5O6. The fourth-order valence-corrected chi connectivity index (χ4v) is 5.45. The third-order valence-corrected chi connectivity index (χ3v) is 7.68. The minimum atomic E-state index is -0.677. The van der Waals surface area contributed by atoms with Crippen LogP contribution in [0, 0.1) is 22.9 Å². The number of halogens is 2. The standard InChI is InChI=1S/C34H29BrFN5O6/c1-19(2)26-16-27(20(3)12-30(26)46-4)33-39-28-11-6-5-10-25(28)34(43)40(33)37-17-21-13-22(35)14-29(41(44)45)32(21)47-18-31(42)38-24-9-7-8-23(36)15-24/h5-17,19H,18H2,1-4H3,(H,38,42). The summed E-state index contributed by atoms with van der Waals surface area (Å²) >= 11 is 3.29. The summed E-state index contributed by atoms with van der Waals surface area (Å²) in [5.74, 6) is -0.453. The first-order valence-corrected chi connectivity index (χ1v) is 15.2. The van der Waals surface area contributed by atoms with Gasteiger partial charge in [-0.25, -0.2) is 9.37 Å². The third-order valence-electron chi connectivity index (χ3n) is 7.22. The molecule has 1 N–H and O–H groups in total. The zero-order chi connectivity index (χ0) is 33.8. The van der Waals surface area contributed by atoms with Crippen molar-refractivity contribution in [2.24, 2.45) is 5.10 Å². The summed E-state index contributed by atoms with van der Waals surface area (Å²) in [5.41, 5.74) is 2.16. The van der Waals surface area contributed by atoms with Crippen LogP contribution >= 0.6 is 15.9 Å². The number of anilines is 1. The molecular weight excluding hydrogens is 673 g/mol. The number of nitrogens with one attached hydrogen (secondary N) is 1. The Kier molecular flexibility index (Phi) is 9.75. The van der Waals surface area contributed by atoms with Crippen LogP contribution in [0.4, 0.5) is 15.8 Å². The van der Waals surface area contributed by atoms with E-state index >= 15 is 0 Å². The maximum atomic E-state index is 13.9. The van der Waals surface area contributed by atoms with Crippen molar-refractivity contribution in [3.05, 3.63) is 120 Å². The van der Waals surface area contributed by atoms with Crippen molar-refractivity contribution in [1.29, 1.82) is 0 Å². The molecule has 0 saturated carbocycles. The van der Waals surface area contributed by atoms with Gasteiger partial charge in [0.15, 0.2) is 12.4 Å². The molecule has 0 atom stereocenters. The summed E-state index contributed by atoms with van der Waals surface area (Å²) in [4.78, 5) is 42.7. The Morgan fingerprint density at radius 1 is 1.15 bits per heavy atom. The van der Waals surface area contributed by atoms with Crippen LogP contribution in [0.15, 0.2) is 87.2 Å². The molecule has 0 unspecified atom stereocenters.